The van der Waals surface area contributed by atoms with E-state index in [2.05, 4.69) is 29.2 Å². The van der Waals surface area contributed by atoms with Crippen LogP contribution in [0.1, 0.15) is 31.2 Å². The molecule has 1 aliphatic rings. The maximum Gasteiger partial charge on any atom is 0.120 e. The number of nitrogens with zero attached hydrogens (tertiary/aromatic N) is 1. The SMILES string of the molecule is O=CCCc1ccccc1N1CCCCC1. The molecule has 1 aliphatic heterocycles. The Hall–Kier alpha value is -1.31. The molecule has 2 rings (SSSR count). The molecule has 0 aliphatic carbocycles. The summed E-state index contributed by atoms with van der Waals surface area (Å²) in [4.78, 5) is 12.9. The normalized spacial score (nSPS) is 16.1. The van der Waals surface area contributed by atoms with Crippen LogP contribution in [0.15, 0.2) is 24.3 Å². The largest absolute Gasteiger partial charge is 0.371 e. The summed E-state index contributed by atoms with van der Waals surface area (Å²) in [5.74, 6) is 0. The molecule has 86 valence electrons. The smallest absolute Gasteiger partial charge is 0.120 e. The molecule has 0 saturated carbocycles. The molecule has 2 nitrogen and oxygen atoms in total. The van der Waals surface area contributed by atoms with Crippen molar-refractivity contribution in [2.45, 2.75) is 32.1 Å². The number of rotatable bonds is 4. The highest BCUT2D eigenvalue weighted by Gasteiger charge is 2.13. The van der Waals surface area contributed by atoms with E-state index in [0.717, 1.165) is 25.8 Å². The predicted molar refractivity (Wildman–Crippen MR) is 66.9 cm³/mol. The highest BCUT2D eigenvalue weighted by Crippen LogP contribution is 2.24. The molecule has 1 aromatic carbocycles. The van der Waals surface area contributed by atoms with E-state index < -0.39 is 0 Å². The van der Waals surface area contributed by atoms with E-state index in [1.54, 1.807) is 0 Å². The standard InChI is InChI=1S/C14H19NO/c16-12-6-8-13-7-2-3-9-14(13)15-10-4-1-5-11-15/h2-3,7,9,12H,1,4-6,8,10-11H2. The topological polar surface area (TPSA) is 20.3 Å². The van der Waals surface area contributed by atoms with Crippen LogP contribution in [-0.4, -0.2) is 19.4 Å². The van der Waals surface area contributed by atoms with Gasteiger partial charge in [0.25, 0.3) is 0 Å². The number of carbonyl (C=O) groups is 1. The molecule has 0 atom stereocenters. The summed E-state index contributed by atoms with van der Waals surface area (Å²) in [5.41, 5.74) is 2.65. The average Bonchev–Trinajstić information content (AvgIpc) is 2.38. The number of piperidine rings is 1. The van der Waals surface area contributed by atoms with Gasteiger partial charge >= 0.3 is 0 Å². The second-order valence-electron chi connectivity index (χ2n) is 4.38. The van der Waals surface area contributed by atoms with Crippen LogP contribution in [0.4, 0.5) is 5.69 Å². The number of aryl methyl sites for hydroxylation is 1. The number of anilines is 1. The number of aldehydes is 1. The molecule has 0 bridgehead atoms. The van der Waals surface area contributed by atoms with Crippen molar-refractivity contribution in [3.05, 3.63) is 29.8 Å². The maximum absolute atomic E-state index is 10.5. The van der Waals surface area contributed by atoms with Crippen molar-refractivity contribution in [2.24, 2.45) is 0 Å². The highest BCUT2D eigenvalue weighted by molar-refractivity contribution is 5.57. The lowest BCUT2D eigenvalue weighted by molar-refractivity contribution is -0.107. The van der Waals surface area contributed by atoms with Gasteiger partial charge in [-0.1, -0.05) is 18.2 Å². The average molecular weight is 217 g/mol. The van der Waals surface area contributed by atoms with Crippen molar-refractivity contribution >= 4 is 12.0 Å². The molecule has 2 heteroatoms. The van der Waals surface area contributed by atoms with E-state index >= 15 is 0 Å². The Morgan fingerprint density at radius 1 is 1.12 bits per heavy atom. The van der Waals surface area contributed by atoms with Crippen molar-refractivity contribution < 1.29 is 4.79 Å². The van der Waals surface area contributed by atoms with Crippen molar-refractivity contribution in [1.82, 2.24) is 0 Å². The van der Waals surface area contributed by atoms with Crippen molar-refractivity contribution in [2.75, 3.05) is 18.0 Å². The molecule has 1 aromatic rings. The first-order valence-electron chi connectivity index (χ1n) is 6.18. The lowest BCUT2D eigenvalue weighted by Gasteiger charge is -2.30. The summed E-state index contributed by atoms with van der Waals surface area (Å²) in [5, 5.41) is 0. The zero-order valence-electron chi connectivity index (χ0n) is 9.69. The molecule has 0 spiro atoms. The van der Waals surface area contributed by atoms with E-state index in [4.69, 9.17) is 0 Å². The number of hydrogen-bond donors (Lipinski definition) is 0. The first-order chi connectivity index (χ1) is 7.92. The fourth-order valence-corrected chi connectivity index (χ4v) is 2.38. The van der Waals surface area contributed by atoms with Crippen molar-refractivity contribution in [3.63, 3.8) is 0 Å². The van der Waals surface area contributed by atoms with Crippen LogP contribution in [0.5, 0.6) is 0 Å². The summed E-state index contributed by atoms with van der Waals surface area (Å²) in [6.45, 7) is 2.33. The fourth-order valence-electron chi connectivity index (χ4n) is 2.38. The van der Waals surface area contributed by atoms with Gasteiger partial charge < -0.3 is 9.69 Å². The Bertz CT molecular complexity index is 342. The first-order valence-corrected chi connectivity index (χ1v) is 6.18. The van der Waals surface area contributed by atoms with Gasteiger partial charge in [-0.3, -0.25) is 0 Å². The molecular weight excluding hydrogens is 198 g/mol. The molecule has 16 heavy (non-hydrogen) atoms. The van der Waals surface area contributed by atoms with Gasteiger partial charge in [0.15, 0.2) is 0 Å². The number of benzene rings is 1. The third-order valence-corrected chi connectivity index (χ3v) is 3.22. The van der Waals surface area contributed by atoms with Gasteiger partial charge in [-0.15, -0.1) is 0 Å². The van der Waals surface area contributed by atoms with E-state index in [0.29, 0.717) is 6.42 Å². The minimum absolute atomic E-state index is 0.630. The summed E-state index contributed by atoms with van der Waals surface area (Å²) in [6.07, 6.45) is 6.45. The molecule has 0 amide bonds. The molecule has 0 radical (unpaired) electrons. The molecule has 0 unspecified atom stereocenters. The van der Waals surface area contributed by atoms with Gasteiger partial charge in [-0.2, -0.15) is 0 Å². The Balaban J connectivity index is 2.14. The zero-order valence-corrected chi connectivity index (χ0v) is 9.69. The maximum atomic E-state index is 10.5. The molecule has 0 aromatic heterocycles. The van der Waals surface area contributed by atoms with Crippen molar-refractivity contribution in [1.29, 1.82) is 0 Å². The first kappa shape index (κ1) is 11.2. The van der Waals surface area contributed by atoms with Crippen LogP contribution in [0.3, 0.4) is 0 Å². The second kappa shape index (κ2) is 5.69. The summed E-state index contributed by atoms with van der Waals surface area (Å²) >= 11 is 0. The number of carbonyl (C=O) groups excluding carboxylic acids is 1. The Kier molecular flexibility index (Phi) is 3.97. The quantitative estimate of drug-likeness (QED) is 0.723. The number of hydrogen-bond acceptors (Lipinski definition) is 2. The van der Waals surface area contributed by atoms with Gasteiger partial charge in [0.1, 0.15) is 6.29 Å². The predicted octanol–water partition coefficient (Wildman–Crippen LogP) is 2.81. The van der Waals surface area contributed by atoms with Crippen LogP contribution < -0.4 is 4.90 Å². The van der Waals surface area contributed by atoms with E-state index in [9.17, 15) is 4.79 Å². The van der Waals surface area contributed by atoms with Crippen LogP contribution in [0.25, 0.3) is 0 Å². The summed E-state index contributed by atoms with van der Waals surface area (Å²) < 4.78 is 0. The molecule has 1 fully saturated rings. The molecule has 1 heterocycles. The summed E-state index contributed by atoms with van der Waals surface area (Å²) in [7, 11) is 0. The van der Waals surface area contributed by atoms with E-state index in [1.807, 2.05) is 0 Å². The lowest BCUT2D eigenvalue weighted by atomic mass is 10.0. The second-order valence-corrected chi connectivity index (χ2v) is 4.38. The van der Waals surface area contributed by atoms with Gasteiger partial charge in [0, 0.05) is 25.2 Å². The van der Waals surface area contributed by atoms with Crippen LogP contribution in [-0.2, 0) is 11.2 Å². The fraction of sp³-hybridized carbons (Fsp3) is 0.500. The van der Waals surface area contributed by atoms with Crippen LogP contribution in [0, 0.1) is 0 Å². The van der Waals surface area contributed by atoms with Crippen LogP contribution in [0.2, 0.25) is 0 Å². The lowest BCUT2D eigenvalue weighted by Crippen LogP contribution is -2.30. The highest BCUT2D eigenvalue weighted by atomic mass is 16.1. The van der Waals surface area contributed by atoms with E-state index in [1.165, 1.54) is 30.5 Å². The third-order valence-electron chi connectivity index (χ3n) is 3.22. The van der Waals surface area contributed by atoms with Crippen molar-refractivity contribution in [3.8, 4) is 0 Å². The minimum atomic E-state index is 0.630. The molecular formula is C14H19NO. The minimum Gasteiger partial charge on any atom is -0.371 e. The van der Waals surface area contributed by atoms with Gasteiger partial charge in [-0.05, 0) is 37.3 Å². The summed E-state index contributed by atoms with van der Waals surface area (Å²) in [6, 6.07) is 8.49. The number of para-hydroxylation sites is 1. The van der Waals surface area contributed by atoms with Gasteiger partial charge in [0.05, 0.1) is 0 Å². The Labute approximate surface area is 97.3 Å². The third kappa shape index (κ3) is 2.63. The van der Waals surface area contributed by atoms with Gasteiger partial charge in [-0.25, -0.2) is 0 Å². The Morgan fingerprint density at radius 2 is 1.88 bits per heavy atom. The Morgan fingerprint density at radius 3 is 2.62 bits per heavy atom. The van der Waals surface area contributed by atoms with Gasteiger partial charge in [0.2, 0.25) is 0 Å². The molecule has 0 N–H and O–H groups in total. The molecule has 1 saturated heterocycles. The van der Waals surface area contributed by atoms with Crippen LogP contribution >= 0.6 is 0 Å². The zero-order chi connectivity index (χ0) is 11.2. The monoisotopic (exact) mass is 217 g/mol. The van der Waals surface area contributed by atoms with E-state index in [-0.39, 0.29) is 0 Å².